The Labute approximate surface area is 206 Å². The minimum absolute atomic E-state index is 0.216. The first-order valence-electron chi connectivity index (χ1n) is 11.3. The molecule has 5 rings (SSSR count). The first-order valence-corrected chi connectivity index (χ1v) is 12.2. The van der Waals surface area contributed by atoms with E-state index < -0.39 is 12.0 Å². The van der Waals surface area contributed by atoms with Crippen LogP contribution in [-0.2, 0) is 9.53 Å². The Morgan fingerprint density at radius 3 is 2.57 bits per heavy atom. The molecule has 0 spiro atoms. The fraction of sp³-hybridized carbons (Fsp3) is 0.179. The van der Waals surface area contributed by atoms with E-state index in [0.29, 0.717) is 33.0 Å². The van der Waals surface area contributed by atoms with Gasteiger partial charge in [-0.05, 0) is 42.3 Å². The van der Waals surface area contributed by atoms with Crippen LogP contribution in [0.4, 0.5) is 0 Å². The third kappa shape index (κ3) is 3.98. The molecule has 1 aliphatic rings. The van der Waals surface area contributed by atoms with Crippen molar-refractivity contribution in [2.24, 2.45) is 4.99 Å². The van der Waals surface area contributed by atoms with Gasteiger partial charge < -0.3 is 9.47 Å². The molecule has 0 saturated carbocycles. The molecule has 1 aliphatic heterocycles. The van der Waals surface area contributed by atoms with Crippen LogP contribution in [0.5, 0.6) is 5.75 Å². The smallest absolute Gasteiger partial charge is 0.338 e. The van der Waals surface area contributed by atoms with Crippen LogP contribution in [-0.4, -0.2) is 24.3 Å². The lowest BCUT2D eigenvalue weighted by molar-refractivity contribution is -0.136. The number of hydrogen-bond acceptors (Lipinski definition) is 6. The van der Waals surface area contributed by atoms with E-state index in [1.807, 2.05) is 79.7 Å². The van der Waals surface area contributed by atoms with Crippen molar-refractivity contribution >= 4 is 34.2 Å². The summed E-state index contributed by atoms with van der Waals surface area (Å²) in [5, 5.41) is 2.05. The number of allylic oxidation sites excluding steroid dienone is 1. The molecule has 0 N–H and O–H groups in total. The van der Waals surface area contributed by atoms with Gasteiger partial charge in [0.15, 0.2) is 4.80 Å². The lowest BCUT2D eigenvalue weighted by Gasteiger charge is -2.24. The molecule has 0 saturated heterocycles. The van der Waals surface area contributed by atoms with Crippen molar-refractivity contribution in [3.05, 3.63) is 109 Å². The number of carbonyl (C=O) groups excluding carboxylic acids is 1. The quantitative estimate of drug-likeness (QED) is 0.402. The van der Waals surface area contributed by atoms with Crippen LogP contribution in [0, 0.1) is 0 Å². The van der Waals surface area contributed by atoms with Crippen molar-refractivity contribution in [1.29, 1.82) is 0 Å². The third-order valence-electron chi connectivity index (χ3n) is 6.05. The summed E-state index contributed by atoms with van der Waals surface area (Å²) < 4.78 is 13.1. The van der Waals surface area contributed by atoms with E-state index in [1.54, 1.807) is 11.5 Å². The van der Waals surface area contributed by atoms with Crippen LogP contribution >= 0.6 is 11.3 Å². The van der Waals surface area contributed by atoms with E-state index in [2.05, 4.69) is 4.99 Å². The van der Waals surface area contributed by atoms with Crippen molar-refractivity contribution in [3.8, 4) is 5.75 Å². The molecule has 0 amide bonds. The summed E-state index contributed by atoms with van der Waals surface area (Å²) in [7, 11) is 1.34. The van der Waals surface area contributed by atoms with Crippen LogP contribution in [0.15, 0.2) is 87.8 Å². The second-order valence-electron chi connectivity index (χ2n) is 8.12. The number of benzene rings is 3. The zero-order chi connectivity index (χ0) is 24.5. The maximum atomic E-state index is 13.8. The lowest BCUT2D eigenvalue weighted by atomic mass is 9.96. The predicted molar refractivity (Wildman–Crippen MR) is 137 cm³/mol. The number of esters is 1. The number of thiazole rings is 1. The zero-order valence-corrected chi connectivity index (χ0v) is 20.5. The molecule has 0 fully saturated rings. The number of carbonyl (C=O) groups is 1. The van der Waals surface area contributed by atoms with Crippen LogP contribution in [0.2, 0.25) is 0 Å². The molecule has 1 unspecified atom stereocenters. The number of nitrogens with zero attached hydrogens (tertiary/aromatic N) is 2. The summed E-state index contributed by atoms with van der Waals surface area (Å²) in [6.45, 7) is 4.22. The summed E-state index contributed by atoms with van der Waals surface area (Å²) in [6.07, 6.45) is 1.87. The molecule has 3 aromatic carbocycles. The number of fused-ring (bicyclic) bond motifs is 2. The Morgan fingerprint density at radius 1 is 1.09 bits per heavy atom. The predicted octanol–water partition coefficient (Wildman–Crippen LogP) is 3.96. The van der Waals surface area contributed by atoms with Gasteiger partial charge in [-0.1, -0.05) is 72.0 Å². The topological polar surface area (TPSA) is 69.9 Å². The highest BCUT2D eigenvalue weighted by atomic mass is 32.1. The van der Waals surface area contributed by atoms with Gasteiger partial charge in [0.1, 0.15) is 5.75 Å². The summed E-state index contributed by atoms with van der Waals surface area (Å²) >= 11 is 1.30. The molecule has 1 atom stereocenters. The van der Waals surface area contributed by atoms with E-state index in [-0.39, 0.29) is 5.56 Å². The van der Waals surface area contributed by atoms with E-state index in [4.69, 9.17) is 9.47 Å². The van der Waals surface area contributed by atoms with Gasteiger partial charge in [-0.2, -0.15) is 0 Å². The highest BCUT2D eigenvalue weighted by Crippen LogP contribution is 2.31. The highest BCUT2D eigenvalue weighted by Gasteiger charge is 2.32. The molecule has 0 bridgehead atoms. The highest BCUT2D eigenvalue weighted by molar-refractivity contribution is 7.07. The Balaban J connectivity index is 1.79. The van der Waals surface area contributed by atoms with Gasteiger partial charge >= 0.3 is 5.97 Å². The van der Waals surface area contributed by atoms with E-state index in [1.165, 1.54) is 18.4 Å². The van der Waals surface area contributed by atoms with Gasteiger partial charge in [-0.3, -0.25) is 9.36 Å². The van der Waals surface area contributed by atoms with E-state index in [0.717, 1.165) is 21.9 Å². The Morgan fingerprint density at radius 2 is 1.83 bits per heavy atom. The van der Waals surface area contributed by atoms with Crippen molar-refractivity contribution in [2.45, 2.75) is 19.9 Å². The van der Waals surface area contributed by atoms with Gasteiger partial charge in [-0.15, -0.1) is 0 Å². The Kier molecular flexibility index (Phi) is 6.09. The maximum absolute atomic E-state index is 13.8. The molecule has 0 aliphatic carbocycles. The van der Waals surface area contributed by atoms with Crippen molar-refractivity contribution in [2.75, 3.05) is 13.7 Å². The molecule has 1 aromatic heterocycles. The van der Waals surface area contributed by atoms with Gasteiger partial charge in [-0.25, -0.2) is 9.79 Å². The van der Waals surface area contributed by atoms with Gasteiger partial charge in [0.05, 0.1) is 35.6 Å². The third-order valence-corrected chi connectivity index (χ3v) is 7.03. The lowest BCUT2D eigenvalue weighted by Crippen LogP contribution is -2.39. The summed E-state index contributed by atoms with van der Waals surface area (Å²) in [5.74, 6) is 0.213. The largest absolute Gasteiger partial charge is 0.493 e. The number of ether oxygens (including phenoxy) is 2. The summed E-state index contributed by atoms with van der Waals surface area (Å²) in [6, 6.07) is 20.8. The summed E-state index contributed by atoms with van der Waals surface area (Å²) in [5.41, 5.74) is 2.34. The maximum Gasteiger partial charge on any atom is 0.338 e. The van der Waals surface area contributed by atoms with E-state index >= 15 is 0 Å². The normalized spacial score (nSPS) is 15.6. The average molecular weight is 485 g/mol. The molecule has 2 heterocycles. The Bertz CT molecular complexity index is 1650. The van der Waals surface area contributed by atoms with E-state index in [9.17, 15) is 9.59 Å². The molecule has 7 heteroatoms. The van der Waals surface area contributed by atoms with Crippen LogP contribution in [0.25, 0.3) is 16.8 Å². The Hall–Kier alpha value is -3.97. The first-order chi connectivity index (χ1) is 17.0. The second-order valence-corrected chi connectivity index (χ2v) is 9.12. The van der Waals surface area contributed by atoms with Crippen molar-refractivity contribution in [3.63, 3.8) is 0 Å². The van der Waals surface area contributed by atoms with Crippen LogP contribution in [0.1, 0.15) is 31.0 Å². The minimum atomic E-state index is -0.624. The SMILES string of the molecule is CCOc1ccc2ccccc2c1C=c1sc2n(c1=O)C(c1ccccc1)C(C(=O)OC)=C(C)N=2. The molecular weight excluding hydrogens is 460 g/mol. The number of hydrogen-bond donors (Lipinski definition) is 0. The fourth-order valence-corrected chi connectivity index (χ4v) is 5.51. The zero-order valence-electron chi connectivity index (χ0n) is 19.6. The molecule has 35 heavy (non-hydrogen) atoms. The molecule has 0 radical (unpaired) electrons. The van der Waals surface area contributed by atoms with Crippen LogP contribution in [0.3, 0.4) is 0 Å². The second kappa shape index (κ2) is 9.35. The first kappa shape index (κ1) is 22.8. The van der Waals surface area contributed by atoms with Crippen LogP contribution < -0.4 is 19.6 Å². The standard InChI is InChI=1S/C28H24N2O4S/c1-4-34-22-15-14-18-10-8-9-13-20(18)21(22)16-23-26(31)30-25(19-11-6-5-7-12-19)24(27(32)33-3)17(2)29-28(30)35-23/h5-16,25H,4H2,1-3H3. The van der Waals surface area contributed by atoms with Gasteiger partial charge in [0.2, 0.25) is 0 Å². The van der Waals surface area contributed by atoms with Gasteiger partial charge in [0, 0.05) is 5.56 Å². The molecule has 4 aromatic rings. The number of methoxy groups -OCH3 is 1. The van der Waals surface area contributed by atoms with Crippen molar-refractivity contribution < 1.29 is 14.3 Å². The monoisotopic (exact) mass is 484 g/mol. The molecule has 6 nitrogen and oxygen atoms in total. The van der Waals surface area contributed by atoms with Crippen molar-refractivity contribution in [1.82, 2.24) is 4.57 Å². The number of aromatic nitrogens is 1. The molecular formula is C28H24N2O4S. The number of rotatable bonds is 5. The summed E-state index contributed by atoms with van der Waals surface area (Å²) in [4.78, 5) is 31.8. The molecule has 176 valence electrons. The fourth-order valence-electron chi connectivity index (χ4n) is 4.48. The minimum Gasteiger partial charge on any atom is -0.493 e. The average Bonchev–Trinajstić information content (AvgIpc) is 3.19. The van der Waals surface area contributed by atoms with Gasteiger partial charge in [0.25, 0.3) is 5.56 Å².